The second-order valence-corrected chi connectivity index (χ2v) is 5.83. The predicted octanol–water partition coefficient (Wildman–Crippen LogP) is 5.93. The van der Waals surface area contributed by atoms with Crippen molar-refractivity contribution in [2.45, 2.75) is 18.8 Å². The number of anilines is 1. The second-order valence-electron chi connectivity index (χ2n) is 4.72. The van der Waals surface area contributed by atoms with E-state index in [1.54, 1.807) is 0 Å². The highest BCUT2D eigenvalue weighted by atomic mass is 35.5. The standard InChI is InChI=1S/C16H16Cl3N/c1-11(12-6-8-14(18)9-7-12)20(2)16-13(10-17)4-3-5-15(16)19/h3-9,11H,10H2,1-2H3. The van der Waals surface area contributed by atoms with Crippen molar-refractivity contribution in [3.8, 4) is 0 Å². The van der Waals surface area contributed by atoms with Crippen LogP contribution in [0, 0.1) is 0 Å². The molecule has 4 heteroatoms. The molecule has 0 aromatic heterocycles. The summed E-state index contributed by atoms with van der Waals surface area (Å²) in [5.41, 5.74) is 3.19. The first kappa shape index (κ1) is 15.5. The third kappa shape index (κ3) is 3.22. The Bertz CT molecular complexity index is 581. The van der Waals surface area contributed by atoms with Gasteiger partial charge in [-0.2, -0.15) is 0 Å². The van der Waals surface area contributed by atoms with Crippen LogP contribution in [0.3, 0.4) is 0 Å². The quantitative estimate of drug-likeness (QED) is 0.629. The summed E-state index contributed by atoms with van der Waals surface area (Å²) < 4.78 is 0. The highest BCUT2D eigenvalue weighted by molar-refractivity contribution is 6.33. The Morgan fingerprint density at radius 1 is 1.05 bits per heavy atom. The van der Waals surface area contributed by atoms with Gasteiger partial charge in [0.15, 0.2) is 0 Å². The van der Waals surface area contributed by atoms with Gasteiger partial charge in [0.2, 0.25) is 0 Å². The van der Waals surface area contributed by atoms with E-state index in [-0.39, 0.29) is 6.04 Å². The van der Waals surface area contributed by atoms with Crippen LogP contribution in [0.5, 0.6) is 0 Å². The third-order valence-electron chi connectivity index (χ3n) is 3.50. The minimum Gasteiger partial charge on any atom is -0.366 e. The minimum atomic E-state index is 0.175. The molecule has 2 aromatic carbocycles. The van der Waals surface area contributed by atoms with Crippen molar-refractivity contribution in [2.75, 3.05) is 11.9 Å². The van der Waals surface area contributed by atoms with Crippen molar-refractivity contribution in [2.24, 2.45) is 0 Å². The van der Waals surface area contributed by atoms with Gasteiger partial charge in [-0.25, -0.2) is 0 Å². The van der Waals surface area contributed by atoms with Crippen LogP contribution in [0.1, 0.15) is 24.1 Å². The van der Waals surface area contributed by atoms with E-state index in [0.29, 0.717) is 10.9 Å². The molecule has 0 bridgehead atoms. The molecule has 1 nitrogen and oxygen atoms in total. The van der Waals surface area contributed by atoms with Crippen molar-refractivity contribution in [3.63, 3.8) is 0 Å². The molecule has 1 atom stereocenters. The molecule has 0 heterocycles. The number of nitrogens with zero attached hydrogens (tertiary/aromatic N) is 1. The number of hydrogen-bond acceptors (Lipinski definition) is 1. The van der Waals surface area contributed by atoms with Crippen molar-refractivity contribution in [3.05, 3.63) is 63.6 Å². The van der Waals surface area contributed by atoms with Crippen LogP contribution in [-0.4, -0.2) is 7.05 Å². The molecule has 0 amide bonds. The lowest BCUT2D eigenvalue weighted by Gasteiger charge is -2.30. The molecule has 20 heavy (non-hydrogen) atoms. The topological polar surface area (TPSA) is 3.24 Å². The molecule has 106 valence electrons. The fourth-order valence-corrected chi connectivity index (χ4v) is 2.89. The number of halogens is 3. The molecule has 0 radical (unpaired) electrons. The summed E-state index contributed by atoms with van der Waals surface area (Å²) in [6, 6.07) is 13.8. The van der Waals surface area contributed by atoms with E-state index in [2.05, 4.69) is 11.8 Å². The maximum absolute atomic E-state index is 6.34. The number of benzene rings is 2. The molecule has 0 aliphatic rings. The molecule has 2 aromatic rings. The first-order chi connectivity index (χ1) is 9.54. The Morgan fingerprint density at radius 3 is 2.30 bits per heavy atom. The summed E-state index contributed by atoms with van der Waals surface area (Å²) in [4.78, 5) is 2.14. The van der Waals surface area contributed by atoms with E-state index in [0.717, 1.165) is 16.3 Å². The van der Waals surface area contributed by atoms with Gasteiger partial charge in [0.25, 0.3) is 0 Å². The van der Waals surface area contributed by atoms with Gasteiger partial charge in [0.1, 0.15) is 0 Å². The Morgan fingerprint density at radius 2 is 1.70 bits per heavy atom. The Labute approximate surface area is 135 Å². The first-order valence-corrected chi connectivity index (χ1v) is 7.65. The van der Waals surface area contributed by atoms with Gasteiger partial charge in [0, 0.05) is 18.0 Å². The third-order valence-corrected chi connectivity index (χ3v) is 4.35. The number of hydrogen-bond donors (Lipinski definition) is 0. The molecule has 0 saturated carbocycles. The second kappa shape index (κ2) is 6.71. The van der Waals surface area contributed by atoms with Crippen LogP contribution >= 0.6 is 34.8 Å². The summed E-state index contributed by atoms with van der Waals surface area (Å²) in [6.45, 7) is 2.13. The Hall–Kier alpha value is -0.890. The lowest BCUT2D eigenvalue weighted by atomic mass is 10.1. The zero-order valence-electron chi connectivity index (χ0n) is 11.4. The van der Waals surface area contributed by atoms with Gasteiger partial charge >= 0.3 is 0 Å². The van der Waals surface area contributed by atoms with E-state index in [1.165, 1.54) is 5.56 Å². The molecule has 0 saturated heterocycles. The fraction of sp³-hybridized carbons (Fsp3) is 0.250. The smallest absolute Gasteiger partial charge is 0.0642 e. The van der Waals surface area contributed by atoms with E-state index in [4.69, 9.17) is 34.8 Å². The fourth-order valence-electron chi connectivity index (χ4n) is 2.22. The van der Waals surface area contributed by atoms with Gasteiger partial charge in [-0.3, -0.25) is 0 Å². The summed E-state index contributed by atoms with van der Waals surface area (Å²) in [5.74, 6) is 0.438. The van der Waals surface area contributed by atoms with Crippen molar-refractivity contribution in [1.29, 1.82) is 0 Å². The van der Waals surface area contributed by atoms with Crippen molar-refractivity contribution < 1.29 is 0 Å². The lowest BCUT2D eigenvalue weighted by Crippen LogP contribution is -2.23. The summed E-state index contributed by atoms with van der Waals surface area (Å²) >= 11 is 18.3. The molecule has 0 aliphatic carbocycles. The summed E-state index contributed by atoms with van der Waals surface area (Å²) in [7, 11) is 2.02. The molecule has 0 fully saturated rings. The van der Waals surface area contributed by atoms with Crippen LogP contribution in [-0.2, 0) is 5.88 Å². The average molecular weight is 329 g/mol. The monoisotopic (exact) mass is 327 g/mol. The highest BCUT2D eigenvalue weighted by Crippen LogP contribution is 2.35. The molecular weight excluding hydrogens is 313 g/mol. The molecule has 1 unspecified atom stereocenters. The van der Waals surface area contributed by atoms with Gasteiger partial charge in [-0.05, 0) is 36.2 Å². The van der Waals surface area contributed by atoms with Gasteiger partial charge in [0.05, 0.1) is 16.8 Å². The van der Waals surface area contributed by atoms with Crippen LogP contribution in [0.2, 0.25) is 10.0 Å². The van der Waals surface area contributed by atoms with Crippen LogP contribution in [0.15, 0.2) is 42.5 Å². The van der Waals surface area contributed by atoms with Crippen LogP contribution in [0.25, 0.3) is 0 Å². The zero-order chi connectivity index (χ0) is 14.7. The molecule has 0 aliphatic heterocycles. The van der Waals surface area contributed by atoms with E-state index < -0.39 is 0 Å². The minimum absolute atomic E-state index is 0.175. The molecule has 0 N–H and O–H groups in total. The predicted molar refractivity (Wildman–Crippen MR) is 89.3 cm³/mol. The number of rotatable bonds is 4. The first-order valence-electron chi connectivity index (χ1n) is 6.36. The normalized spacial score (nSPS) is 12.2. The molecule has 2 rings (SSSR count). The maximum Gasteiger partial charge on any atom is 0.0642 e. The van der Waals surface area contributed by atoms with E-state index in [1.807, 2.05) is 49.5 Å². The van der Waals surface area contributed by atoms with Gasteiger partial charge in [-0.15, -0.1) is 11.6 Å². The lowest BCUT2D eigenvalue weighted by molar-refractivity contribution is 0.737. The maximum atomic E-state index is 6.34. The number of alkyl halides is 1. The summed E-state index contributed by atoms with van der Waals surface area (Å²) in [6.07, 6.45) is 0. The molecular formula is C16H16Cl3N. The van der Waals surface area contributed by atoms with E-state index in [9.17, 15) is 0 Å². The van der Waals surface area contributed by atoms with Crippen molar-refractivity contribution >= 4 is 40.5 Å². The Balaban J connectivity index is 2.35. The SMILES string of the molecule is CC(c1ccc(Cl)cc1)N(C)c1c(Cl)cccc1CCl. The highest BCUT2D eigenvalue weighted by Gasteiger charge is 2.17. The van der Waals surface area contributed by atoms with Gasteiger partial charge in [-0.1, -0.05) is 47.5 Å². The summed E-state index contributed by atoms with van der Waals surface area (Å²) in [5, 5.41) is 1.45. The Kier molecular flexibility index (Phi) is 5.20. The largest absolute Gasteiger partial charge is 0.366 e. The van der Waals surface area contributed by atoms with Crippen LogP contribution < -0.4 is 4.90 Å². The average Bonchev–Trinajstić information content (AvgIpc) is 2.46. The van der Waals surface area contributed by atoms with E-state index >= 15 is 0 Å². The molecule has 0 spiro atoms. The zero-order valence-corrected chi connectivity index (χ0v) is 13.7. The van der Waals surface area contributed by atoms with Crippen LogP contribution in [0.4, 0.5) is 5.69 Å². The van der Waals surface area contributed by atoms with Gasteiger partial charge < -0.3 is 4.90 Å². The number of para-hydroxylation sites is 1. The van der Waals surface area contributed by atoms with Crippen molar-refractivity contribution in [1.82, 2.24) is 0 Å².